The van der Waals surface area contributed by atoms with Gasteiger partial charge in [0.15, 0.2) is 0 Å². The van der Waals surface area contributed by atoms with Crippen LogP contribution in [0.25, 0.3) is 0 Å². The minimum Gasteiger partial charge on any atom is -0.385 e. The molecule has 1 aliphatic heterocycles. The molecule has 2 amide bonds. The third kappa shape index (κ3) is 3.98. The van der Waals surface area contributed by atoms with Crippen molar-refractivity contribution >= 4 is 6.03 Å². The van der Waals surface area contributed by atoms with E-state index in [1.54, 1.807) is 7.11 Å². The van der Waals surface area contributed by atoms with E-state index in [-0.39, 0.29) is 24.4 Å². The van der Waals surface area contributed by atoms with Crippen LogP contribution < -0.4 is 5.32 Å². The van der Waals surface area contributed by atoms with Gasteiger partial charge in [0.05, 0.1) is 11.5 Å². The van der Waals surface area contributed by atoms with Crippen LogP contribution in [0, 0.1) is 11.3 Å². The van der Waals surface area contributed by atoms with Crippen molar-refractivity contribution in [2.24, 2.45) is 11.3 Å². The highest BCUT2D eigenvalue weighted by Crippen LogP contribution is 2.45. The molecule has 1 saturated heterocycles. The molecule has 0 radical (unpaired) electrons. The summed E-state index contributed by atoms with van der Waals surface area (Å²) >= 11 is 0. The van der Waals surface area contributed by atoms with E-state index in [1.807, 2.05) is 0 Å². The zero-order chi connectivity index (χ0) is 18.0. The van der Waals surface area contributed by atoms with Gasteiger partial charge in [0, 0.05) is 26.8 Å². The average molecular weight is 350 g/mol. The molecule has 1 aliphatic carbocycles. The number of halogens is 3. The minimum absolute atomic E-state index is 0.0268. The molecule has 4 nitrogen and oxygen atoms in total. The van der Waals surface area contributed by atoms with Gasteiger partial charge in [-0.3, -0.25) is 0 Å². The number of hydrogen-bond donors (Lipinski definition) is 1. The molecule has 0 aromatic rings. The topological polar surface area (TPSA) is 41.6 Å². The number of nitrogens with zero attached hydrogens (tertiary/aromatic N) is 1. The number of alkyl halides is 3. The Kier molecular flexibility index (Phi) is 5.72. The van der Waals surface area contributed by atoms with Crippen LogP contribution in [0.5, 0.6) is 0 Å². The summed E-state index contributed by atoms with van der Waals surface area (Å²) in [6, 6.07) is -0.379. The Hall–Kier alpha value is -0.980. The van der Waals surface area contributed by atoms with Crippen molar-refractivity contribution < 1.29 is 22.7 Å². The molecule has 1 heterocycles. The minimum atomic E-state index is -4.27. The SMILES string of the molecule is COCCC1(CNC(=O)N2CC[C@@H](C(F)(F)F)C2(C)C)CCCC1. The van der Waals surface area contributed by atoms with E-state index in [9.17, 15) is 18.0 Å². The predicted molar refractivity (Wildman–Crippen MR) is 85.7 cm³/mol. The van der Waals surface area contributed by atoms with Crippen molar-refractivity contribution in [2.45, 2.75) is 64.1 Å². The van der Waals surface area contributed by atoms with Crippen LogP contribution in [-0.4, -0.2) is 49.5 Å². The molecule has 0 unspecified atom stereocenters. The van der Waals surface area contributed by atoms with E-state index in [0.717, 1.165) is 32.1 Å². The van der Waals surface area contributed by atoms with Gasteiger partial charge in [-0.25, -0.2) is 4.79 Å². The second-order valence-corrected chi connectivity index (χ2v) is 7.80. The maximum Gasteiger partial charge on any atom is 0.394 e. The molecule has 1 atom stereocenters. The number of carbonyl (C=O) groups is 1. The van der Waals surface area contributed by atoms with Gasteiger partial charge in [0.1, 0.15) is 0 Å². The standard InChI is InChI=1S/C17H29F3N2O2/c1-15(2)13(17(18,19)20)6-10-22(15)14(23)21-12-16(9-11-24-3)7-4-5-8-16/h13H,4-12H2,1-3H3,(H,21,23)/t13-/m1/s1. The Morgan fingerprint density at radius 3 is 2.42 bits per heavy atom. The highest BCUT2D eigenvalue weighted by Gasteiger charge is 2.56. The van der Waals surface area contributed by atoms with E-state index >= 15 is 0 Å². The number of carbonyl (C=O) groups excluding carboxylic acids is 1. The molecule has 24 heavy (non-hydrogen) atoms. The second-order valence-electron chi connectivity index (χ2n) is 7.80. The molecule has 1 N–H and O–H groups in total. The van der Waals surface area contributed by atoms with Gasteiger partial charge in [-0.15, -0.1) is 0 Å². The number of methoxy groups -OCH3 is 1. The fourth-order valence-corrected chi connectivity index (χ4v) is 4.33. The Bertz CT molecular complexity index is 446. The van der Waals surface area contributed by atoms with Crippen molar-refractivity contribution in [1.29, 1.82) is 0 Å². The van der Waals surface area contributed by atoms with Gasteiger partial charge in [0.25, 0.3) is 0 Å². The molecule has 2 aliphatic rings. The lowest BCUT2D eigenvalue weighted by Crippen LogP contribution is -2.54. The van der Waals surface area contributed by atoms with E-state index < -0.39 is 17.6 Å². The van der Waals surface area contributed by atoms with Gasteiger partial charge in [-0.1, -0.05) is 12.8 Å². The van der Waals surface area contributed by atoms with Gasteiger partial charge < -0.3 is 15.0 Å². The quantitative estimate of drug-likeness (QED) is 0.815. The van der Waals surface area contributed by atoms with Crippen LogP contribution in [0.2, 0.25) is 0 Å². The highest BCUT2D eigenvalue weighted by atomic mass is 19.4. The summed E-state index contributed by atoms with van der Waals surface area (Å²) in [6.45, 7) is 4.32. The maximum atomic E-state index is 13.2. The van der Waals surface area contributed by atoms with Gasteiger partial charge in [0.2, 0.25) is 0 Å². The normalized spacial score (nSPS) is 25.9. The Morgan fingerprint density at radius 2 is 1.92 bits per heavy atom. The molecule has 0 aromatic heterocycles. The van der Waals surface area contributed by atoms with Crippen LogP contribution in [0.1, 0.15) is 52.4 Å². The lowest BCUT2D eigenvalue weighted by molar-refractivity contribution is -0.189. The number of urea groups is 1. The molecule has 7 heteroatoms. The van der Waals surface area contributed by atoms with E-state index in [0.29, 0.717) is 13.2 Å². The van der Waals surface area contributed by atoms with E-state index in [1.165, 1.54) is 18.7 Å². The molecular weight excluding hydrogens is 321 g/mol. The first kappa shape index (κ1) is 19.3. The fraction of sp³-hybridized carbons (Fsp3) is 0.941. The number of rotatable bonds is 5. The van der Waals surface area contributed by atoms with Crippen molar-refractivity contribution in [1.82, 2.24) is 10.2 Å². The molecule has 2 rings (SSSR count). The average Bonchev–Trinajstić information content (AvgIpc) is 3.06. The molecule has 0 aromatic carbocycles. The first-order valence-corrected chi connectivity index (χ1v) is 8.73. The van der Waals surface area contributed by atoms with Crippen LogP contribution in [0.15, 0.2) is 0 Å². The van der Waals surface area contributed by atoms with Gasteiger partial charge >= 0.3 is 12.2 Å². The highest BCUT2D eigenvalue weighted by molar-refractivity contribution is 5.75. The summed E-state index contributed by atoms with van der Waals surface area (Å²) in [7, 11) is 1.66. The molecular formula is C17H29F3N2O2. The summed E-state index contributed by atoms with van der Waals surface area (Å²) in [5.41, 5.74) is -1.18. The maximum absolute atomic E-state index is 13.2. The number of amides is 2. The van der Waals surface area contributed by atoms with Crippen LogP contribution in [0.3, 0.4) is 0 Å². The van der Waals surface area contributed by atoms with Crippen LogP contribution in [0.4, 0.5) is 18.0 Å². The third-order valence-corrected chi connectivity index (χ3v) is 5.95. The summed E-state index contributed by atoms with van der Waals surface area (Å²) in [6.07, 6.45) is 0.896. The second kappa shape index (κ2) is 7.10. The molecule has 2 fully saturated rings. The zero-order valence-corrected chi connectivity index (χ0v) is 14.8. The summed E-state index contributed by atoms with van der Waals surface area (Å²) in [5, 5.41) is 2.91. The number of ether oxygens (including phenoxy) is 1. The largest absolute Gasteiger partial charge is 0.394 e. The third-order valence-electron chi connectivity index (χ3n) is 5.95. The van der Waals surface area contributed by atoms with E-state index in [2.05, 4.69) is 5.32 Å². The molecule has 0 spiro atoms. The van der Waals surface area contributed by atoms with Crippen LogP contribution >= 0.6 is 0 Å². The van der Waals surface area contributed by atoms with Crippen molar-refractivity contribution in [3.8, 4) is 0 Å². The number of nitrogens with one attached hydrogen (secondary N) is 1. The smallest absolute Gasteiger partial charge is 0.385 e. The Labute approximate surface area is 142 Å². The first-order chi connectivity index (χ1) is 11.1. The van der Waals surface area contributed by atoms with E-state index in [4.69, 9.17) is 4.74 Å². The monoisotopic (exact) mass is 350 g/mol. The fourth-order valence-electron chi connectivity index (χ4n) is 4.33. The number of hydrogen-bond acceptors (Lipinski definition) is 2. The lowest BCUT2D eigenvalue weighted by atomic mass is 9.83. The molecule has 1 saturated carbocycles. The lowest BCUT2D eigenvalue weighted by Gasteiger charge is -2.38. The Morgan fingerprint density at radius 1 is 1.29 bits per heavy atom. The number of likely N-dealkylation sites (tertiary alicyclic amines) is 1. The van der Waals surface area contributed by atoms with Crippen molar-refractivity contribution in [3.05, 3.63) is 0 Å². The zero-order valence-electron chi connectivity index (χ0n) is 14.8. The van der Waals surface area contributed by atoms with Gasteiger partial charge in [-0.2, -0.15) is 13.2 Å². The summed E-state index contributed by atoms with van der Waals surface area (Å²) in [4.78, 5) is 13.9. The van der Waals surface area contributed by atoms with Crippen molar-refractivity contribution in [2.75, 3.05) is 26.8 Å². The first-order valence-electron chi connectivity index (χ1n) is 8.73. The molecule has 140 valence electrons. The Balaban J connectivity index is 1.97. The van der Waals surface area contributed by atoms with Crippen molar-refractivity contribution in [3.63, 3.8) is 0 Å². The van der Waals surface area contributed by atoms with Gasteiger partial charge in [-0.05, 0) is 44.9 Å². The predicted octanol–water partition coefficient (Wildman–Crippen LogP) is 3.96. The summed E-state index contributed by atoms with van der Waals surface area (Å²) < 4.78 is 44.6. The summed E-state index contributed by atoms with van der Waals surface area (Å²) in [5.74, 6) is -1.47. The van der Waals surface area contributed by atoms with Crippen LogP contribution in [-0.2, 0) is 4.74 Å². The molecule has 0 bridgehead atoms.